The molecule has 0 aliphatic carbocycles. The van der Waals surface area contributed by atoms with E-state index in [0.29, 0.717) is 28.8 Å². The van der Waals surface area contributed by atoms with Crippen LogP contribution in [0.4, 0.5) is 11.4 Å². The molecular formula is C12H13N7O. The number of aromatic amines is 1. The highest BCUT2D eigenvalue weighted by atomic mass is 16.1. The number of aromatic nitrogens is 5. The molecule has 0 saturated carbocycles. The van der Waals surface area contributed by atoms with E-state index < -0.39 is 0 Å². The third-order valence-electron chi connectivity index (χ3n) is 3.05. The van der Waals surface area contributed by atoms with Crippen LogP contribution in [0.2, 0.25) is 0 Å². The summed E-state index contributed by atoms with van der Waals surface area (Å²) in [5, 5.41) is 11.4. The summed E-state index contributed by atoms with van der Waals surface area (Å²) in [6, 6.07) is 3.36. The van der Waals surface area contributed by atoms with Gasteiger partial charge in [0.15, 0.2) is 5.82 Å². The van der Waals surface area contributed by atoms with E-state index >= 15 is 0 Å². The number of nitrogens with two attached hydrogens (primary N) is 1. The van der Waals surface area contributed by atoms with Crippen LogP contribution in [-0.4, -0.2) is 24.7 Å². The SMILES string of the molecule is Cn1cnnc1CNc1cc2nc[nH]c(=O)c2cc1N. The summed E-state index contributed by atoms with van der Waals surface area (Å²) >= 11 is 0. The quantitative estimate of drug-likeness (QED) is 0.588. The summed E-state index contributed by atoms with van der Waals surface area (Å²) in [6.07, 6.45) is 3.00. The number of H-pyrrole nitrogens is 1. The first-order chi connectivity index (χ1) is 9.65. The molecule has 2 aromatic heterocycles. The molecule has 0 radical (unpaired) electrons. The average Bonchev–Trinajstić information content (AvgIpc) is 2.83. The maximum absolute atomic E-state index is 11.6. The Kier molecular flexibility index (Phi) is 2.82. The fourth-order valence-electron chi connectivity index (χ4n) is 1.93. The fourth-order valence-corrected chi connectivity index (χ4v) is 1.93. The molecule has 0 bridgehead atoms. The smallest absolute Gasteiger partial charge is 0.258 e. The van der Waals surface area contributed by atoms with Crippen LogP contribution in [0.3, 0.4) is 0 Å². The van der Waals surface area contributed by atoms with Crippen LogP contribution >= 0.6 is 0 Å². The normalized spacial score (nSPS) is 10.8. The number of nitrogens with one attached hydrogen (secondary N) is 2. The summed E-state index contributed by atoms with van der Waals surface area (Å²) in [6.45, 7) is 0.482. The van der Waals surface area contributed by atoms with E-state index in [1.807, 2.05) is 11.6 Å². The molecule has 2 heterocycles. The lowest BCUT2D eigenvalue weighted by atomic mass is 10.2. The van der Waals surface area contributed by atoms with Crippen molar-refractivity contribution in [1.29, 1.82) is 0 Å². The van der Waals surface area contributed by atoms with Crippen LogP contribution in [-0.2, 0) is 13.6 Å². The van der Waals surface area contributed by atoms with Gasteiger partial charge in [0, 0.05) is 7.05 Å². The highest BCUT2D eigenvalue weighted by molar-refractivity contribution is 5.88. The van der Waals surface area contributed by atoms with Crippen LogP contribution in [0, 0.1) is 0 Å². The molecule has 3 rings (SSSR count). The van der Waals surface area contributed by atoms with Crippen LogP contribution in [0.1, 0.15) is 5.82 Å². The Morgan fingerprint density at radius 3 is 3.05 bits per heavy atom. The number of hydrogen-bond donors (Lipinski definition) is 3. The van der Waals surface area contributed by atoms with Crippen LogP contribution in [0.5, 0.6) is 0 Å². The lowest BCUT2D eigenvalue weighted by Crippen LogP contribution is -2.10. The molecule has 0 unspecified atom stereocenters. The van der Waals surface area contributed by atoms with Crippen LogP contribution in [0.25, 0.3) is 10.9 Å². The minimum absolute atomic E-state index is 0.207. The monoisotopic (exact) mass is 271 g/mol. The van der Waals surface area contributed by atoms with E-state index in [-0.39, 0.29) is 5.56 Å². The molecular weight excluding hydrogens is 258 g/mol. The van der Waals surface area contributed by atoms with Gasteiger partial charge in [-0.05, 0) is 12.1 Å². The summed E-state index contributed by atoms with van der Waals surface area (Å²) in [7, 11) is 1.86. The topological polar surface area (TPSA) is 115 Å². The molecule has 4 N–H and O–H groups in total. The van der Waals surface area contributed by atoms with E-state index in [1.165, 1.54) is 6.33 Å². The molecule has 0 amide bonds. The Balaban J connectivity index is 1.94. The van der Waals surface area contributed by atoms with Crippen molar-refractivity contribution in [3.05, 3.63) is 41.0 Å². The predicted molar refractivity (Wildman–Crippen MR) is 75.1 cm³/mol. The zero-order valence-corrected chi connectivity index (χ0v) is 10.8. The number of anilines is 2. The molecule has 3 aromatic rings. The molecule has 1 aromatic carbocycles. The Morgan fingerprint density at radius 1 is 1.45 bits per heavy atom. The van der Waals surface area contributed by atoms with Gasteiger partial charge in [-0.15, -0.1) is 10.2 Å². The Hall–Kier alpha value is -2.90. The second-order valence-electron chi connectivity index (χ2n) is 4.40. The Morgan fingerprint density at radius 2 is 2.30 bits per heavy atom. The minimum Gasteiger partial charge on any atom is -0.397 e. The molecule has 8 nitrogen and oxygen atoms in total. The van der Waals surface area contributed by atoms with Crippen LogP contribution < -0.4 is 16.6 Å². The van der Waals surface area contributed by atoms with Gasteiger partial charge in [-0.1, -0.05) is 0 Å². The van der Waals surface area contributed by atoms with Crippen LogP contribution in [0.15, 0.2) is 29.6 Å². The van der Waals surface area contributed by atoms with Crippen molar-refractivity contribution in [2.24, 2.45) is 7.05 Å². The van der Waals surface area contributed by atoms with Crippen molar-refractivity contribution in [3.63, 3.8) is 0 Å². The maximum Gasteiger partial charge on any atom is 0.258 e. The number of hydrogen-bond acceptors (Lipinski definition) is 6. The molecule has 102 valence electrons. The first kappa shape index (κ1) is 12.2. The van der Waals surface area contributed by atoms with E-state index in [0.717, 1.165) is 5.82 Å². The number of nitrogen functional groups attached to an aromatic ring is 1. The Bertz CT molecular complexity index is 820. The van der Waals surface area contributed by atoms with Gasteiger partial charge in [-0.25, -0.2) is 4.98 Å². The third-order valence-corrected chi connectivity index (χ3v) is 3.05. The fraction of sp³-hybridized carbons (Fsp3) is 0.167. The highest BCUT2D eigenvalue weighted by Crippen LogP contribution is 2.23. The first-order valence-electron chi connectivity index (χ1n) is 5.99. The van der Waals surface area contributed by atoms with Crippen molar-refractivity contribution < 1.29 is 0 Å². The summed E-state index contributed by atoms with van der Waals surface area (Å²) in [4.78, 5) is 18.3. The van der Waals surface area contributed by atoms with E-state index in [4.69, 9.17) is 5.73 Å². The van der Waals surface area contributed by atoms with Gasteiger partial charge in [-0.2, -0.15) is 0 Å². The van der Waals surface area contributed by atoms with Crippen molar-refractivity contribution in [2.45, 2.75) is 6.54 Å². The Labute approximate surface area is 113 Å². The van der Waals surface area contributed by atoms with Gasteiger partial charge in [0.2, 0.25) is 0 Å². The zero-order valence-electron chi connectivity index (χ0n) is 10.8. The molecule has 0 atom stereocenters. The molecule has 0 aliphatic heterocycles. The maximum atomic E-state index is 11.6. The van der Waals surface area contributed by atoms with Crippen molar-refractivity contribution in [3.8, 4) is 0 Å². The highest BCUT2D eigenvalue weighted by Gasteiger charge is 2.07. The van der Waals surface area contributed by atoms with E-state index in [9.17, 15) is 4.79 Å². The summed E-state index contributed by atoms with van der Waals surface area (Å²) in [5.41, 5.74) is 7.52. The molecule has 0 aliphatic rings. The van der Waals surface area contributed by atoms with Crippen molar-refractivity contribution >= 4 is 22.3 Å². The standard InChI is InChI=1S/C12H13N7O/c1-19-6-17-18-11(19)4-14-10-3-9-7(2-8(10)13)12(20)16-5-15-9/h2-3,5-6,14H,4,13H2,1H3,(H,15,16,20). The lowest BCUT2D eigenvalue weighted by Gasteiger charge is -2.09. The third kappa shape index (κ3) is 2.07. The molecule has 8 heteroatoms. The molecule has 0 saturated heterocycles. The zero-order chi connectivity index (χ0) is 14.1. The summed E-state index contributed by atoms with van der Waals surface area (Å²) in [5.74, 6) is 0.781. The number of aryl methyl sites for hydroxylation is 1. The lowest BCUT2D eigenvalue weighted by molar-refractivity contribution is 0.812. The van der Waals surface area contributed by atoms with Crippen molar-refractivity contribution in [2.75, 3.05) is 11.1 Å². The molecule has 0 spiro atoms. The van der Waals surface area contributed by atoms with Gasteiger partial charge < -0.3 is 20.6 Å². The van der Waals surface area contributed by atoms with E-state index in [2.05, 4.69) is 25.5 Å². The second kappa shape index (κ2) is 4.65. The second-order valence-corrected chi connectivity index (χ2v) is 4.40. The van der Waals surface area contributed by atoms with Gasteiger partial charge in [-0.3, -0.25) is 4.79 Å². The first-order valence-corrected chi connectivity index (χ1v) is 5.99. The number of nitrogens with zero attached hydrogens (tertiary/aromatic N) is 4. The minimum atomic E-state index is -0.207. The van der Waals surface area contributed by atoms with Gasteiger partial charge >= 0.3 is 0 Å². The number of fused-ring (bicyclic) bond motifs is 1. The molecule has 0 fully saturated rings. The predicted octanol–water partition coefficient (Wildman–Crippen LogP) is 0.246. The van der Waals surface area contributed by atoms with Crippen molar-refractivity contribution in [1.82, 2.24) is 24.7 Å². The summed E-state index contributed by atoms with van der Waals surface area (Å²) < 4.78 is 1.81. The van der Waals surface area contributed by atoms with Gasteiger partial charge in [0.05, 0.1) is 35.1 Å². The van der Waals surface area contributed by atoms with E-state index in [1.54, 1.807) is 18.5 Å². The number of benzene rings is 1. The number of rotatable bonds is 3. The molecule has 20 heavy (non-hydrogen) atoms. The average molecular weight is 271 g/mol. The van der Waals surface area contributed by atoms with Gasteiger partial charge in [0.1, 0.15) is 6.33 Å². The largest absolute Gasteiger partial charge is 0.397 e. The van der Waals surface area contributed by atoms with Gasteiger partial charge in [0.25, 0.3) is 5.56 Å².